The molecule has 1 atom stereocenters. The van der Waals surface area contributed by atoms with Gasteiger partial charge in [-0.05, 0) is 40.2 Å². The minimum Gasteiger partial charge on any atom is -0.442 e. The highest BCUT2D eigenvalue weighted by molar-refractivity contribution is 5.93. The summed E-state index contributed by atoms with van der Waals surface area (Å²) in [5, 5.41) is 3.76. The van der Waals surface area contributed by atoms with E-state index in [0.29, 0.717) is 11.5 Å². The zero-order valence-electron chi connectivity index (χ0n) is 11.5. The summed E-state index contributed by atoms with van der Waals surface area (Å²) >= 11 is 0. The van der Waals surface area contributed by atoms with Gasteiger partial charge in [0.15, 0.2) is 0 Å². The van der Waals surface area contributed by atoms with Crippen LogP contribution in [-0.2, 0) is 14.4 Å². The van der Waals surface area contributed by atoms with Crippen LogP contribution in [0, 0.1) is 0 Å². The third-order valence-electron chi connectivity index (χ3n) is 2.55. The Labute approximate surface area is 108 Å². The van der Waals surface area contributed by atoms with Crippen molar-refractivity contribution in [3.8, 4) is 0 Å². The zero-order chi connectivity index (χ0) is 13.8. The Balaban J connectivity index is 2.64. The van der Waals surface area contributed by atoms with Crippen LogP contribution < -0.4 is 5.32 Å². The Hall–Kier alpha value is -1.14. The highest BCUT2D eigenvalue weighted by Gasteiger charge is 2.33. The Bertz CT molecular complexity index is 306. The molecule has 0 spiro atoms. The lowest BCUT2D eigenvalue weighted by Crippen LogP contribution is -2.51. The van der Waals surface area contributed by atoms with Crippen LogP contribution in [0.4, 0.5) is 4.79 Å². The van der Waals surface area contributed by atoms with E-state index in [1.807, 2.05) is 0 Å². The molecule has 1 N–H and O–H groups in total. The molecule has 1 aliphatic rings. The first-order chi connectivity index (χ1) is 8.35. The number of carbonyl (C=O) groups excluding carboxylic acids is 2. The molecule has 2 amide bonds. The molecule has 1 rings (SSSR count). The Morgan fingerprint density at radius 2 is 1.94 bits per heavy atom. The van der Waals surface area contributed by atoms with Crippen LogP contribution in [0.1, 0.15) is 40.0 Å². The van der Waals surface area contributed by atoms with Crippen LogP contribution in [0.25, 0.3) is 0 Å². The molecule has 6 nitrogen and oxygen atoms in total. The van der Waals surface area contributed by atoms with Crippen molar-refractivity contribution in [3.05, 3.63) is 0 Å². The van der Waals surface area contributed by atoms with Crippen LogP contribution in [0.2, 0.25) is 0 Å². The van der Waals surface area contributed by atoms with Crippen molar-refractivity contribution < 1.29 is 19.2 Å². The number of hydrogen-bond acceptors (Lipinski definition) is 5. The lowest BCUT2D eigenvalue weighted by atomic mass is 10.0. The first-order valence-electron chi connectivity index (χ1n) is 6.19. The molecule has 18 heavy (non-hydrogen) atoms. The molecule has 104 valence electrons. The maximum absolute atomic E-state index is 12.1. The number of ether oxygens (including phenoxy) is 1. The number of imide groups is 1. The summed E-state index contributed by atoms with van der Waals surface area (Å²) in [7, 11) is 1.28. The Kier molecular flexibility index (Phi) is 5.10. The summed E-state index contributed by atoms with van der Waals surface area (Å²) in [4.78, 5) is 28.7. The van der Waals surface area contributed by atoms with Gasteiger partial charge in [-0.2, -0.15) is 0 Å². The van der Waals surface area contributed by atoms with E-state index in [9.17, 15) is 9.59 Å². The van der Waals surface area contributed by atoms with Gasteiger partial charge >= 0.3 is 6.09 Å². The number of rotatable bonds is 2. The van der Waals surface area contributed by atoms with Gasteiger partial charge in [-0.25, -0.2) is 4.79 Å². The molecule has 0 radical (unpaired) electrons. The molecule has 1 fully saturated rings. The van der Waals surface area contributed by atoms with E-state index in [4.69, 9.17) is 9.57 Å². The second-order valence-electron chi connectivity index (χ2n) is 5.30. The molecule has 0 aromatic heterocycles. The number of nitrogens with zero attached hydrogens (tertiary/aromatic N) is 1. The average Bonchev–Trinajstić information content (AvgIpc) is 2.28. The predicted molar refractivity (Wildman–Crippen MR) is 65.7 cm³/mol. The lowest BCUT2D eigenvalue weighted by Gasteiger charge is -2.28. The van der Waals surface area contributed by atoms with Crippen molar-refractivity contribution in [3.63, 3.8) is 0 Å². The normalized spacial score (nSPS) is 20.3. The minimum absolute atomic E-state index is 0.369. The van der Waals surface area contributed by atoms with Crippen LogP contribution in [0.5, 0.6) is 0 Å². The van der Waals surface area contributed by atoms with E-state index in [0.717, 1.165) is 19.4 Å². The van der Waals surface area contributed by atoms with Crippen molar-refractivity contribution in [1.82, 2.24) is 10.4 Å². The summed E-state index contributed by atoms with van der Waals surface area (Å²) in [6.07, 6.45) is 1.95. The Morgan fingerprint density at radius 3 is 2.39 bits per heavy atom. The minimum atomic E-state index is -0.776. The molecule has 6 heteroatoms. The van der Waals surface area contributed by atoms with E-state index >= 15 is 0 Å². The number of hydrogen-bond donors (Lipinski definition) is 1. The molecular weight excluding hydrogens is 236 g/mol. The second kappa shape index (κ2) is 6.15. The van der Waals surface area contributed by atoms with Crippen molar-refractivity contribution in [2.75, 3.05) is 13.7 Å². The monoisotopic (exact) mass is 258 g/mol. The van der Waals surface area contributed by atoms with Gasteiger partial charge in [0.1, 0.15) is 5.60 Å². The number of piperidine rings is 1. The fourth-order valence-electron chi connectivity index (χ4n) is 1.76. The summed E-state index contributed by atoms with van der Waals surface area (Å²) in [5.74, 6) is -0.397. The molecule has 0 aromatic carbocycles. The summed E-state index contributed by atoms with van der Waals surface area (Å²) in [5.41, 5.74) is -0.659. The second-order valence-corrected chi connectivity index (χ2v) is 5.30. The van der Waals surface area contributed by atoms with E-state index in [-0.39, 0.29) is 6.04 Å². The first-order valence-corrected chi connectivity index (χ1v) is 6.19. The van der Waals surface area contributed by atoms with Crippen LogP contribution >= 0.6 is 0 Å². The quantitative estimate of drug-likeness (QED) is 0.759. The topological polar surface area (TPSA) is 67.9 Å². The number of hydroxylamine groups is 2. The number of nitrogens with one attached hydrogen (secondary N) is 1. The van der Waals surface area contributed by atoms with Gasteiger partial charge in [-0.15, -0.1) is 5.06 Å². The van der Waals surface area contributed by atoms with Crippen LogP contribution in [-0.4, -0.2) is 42.4 Å². The van der Waals surface area contributed by atoms with Gasteiger partial charge in [0.25, 0.3) is 5.91 Å². The van der Waals surface area contributed by atoms with Gasteiger partial charge in [0.05, 0.1) is 13.2 Å². The molecule has 1 heterocycles. The largest absolute Gasteiger partial charge is 0.442 e. The van der Waals surface area contributed by atoms with E-state index in [2.05, 4.69) is 5.32 Å². The highest BCUT2D eigenvalue weighted by atomic mass is 16.7. The van der Waals surface area contributed by atoms with Gasteiger partial charge < -0.3 is 10.1 Å². The SMILES string of the molecule is CON(C(=O)OC(C)(C)C)C(=O)C1CCCCN1. The molecule has 0 bridgehead atoms. The third-order valence-corrected chi connectivity index (χ3v) is 2.55. The van der Waals surface area contributed by atoms with E-state index in [1.165, 1.54) is 7.11 Å². The van der Waals surface area contributed by atoms with Crippen molar-refractivity contribution in [1.29, 1.82) is 0 Å². The van der Waals surface area contributed by atoms with Crippen molar-refractivity contribution in [2.24, 2.45) is 0 Å². The van der Waals surface area contributed by atoms with Gasteiger partial charge in [-0.3, -0.25) is 9.63 Å². The predicted octanol–water partition coefficient (Wildman–Crippen LogP) is 1.45. The van der Waals surface area contributed by atoms with Crippen LogP contribution in [0.15, 0.2) is 0 Å². The number of amides is 2. The maximum Gasteiger partial charge on any atom is 0.442 e. The average molecular weight is 258 g/mol. The Morgan fingerprint density at radius 1 is 1.28 bits per heavy atom. The van der Waals surface area contributed by atoms with E-state index in [1.54, 1.807) is 20.8 Å². The van der Waals surface area contributed by atoms with Crippen molar-refractivity contribution >= 4 is 12.0 Å². The zero-order valence-corrected chi connectivity index (χ0v) is 11.5. The molecule has 1 unspecified atom stereocenters. The van der Waals surface area contributed by atoms with Crippen LogP contribution in [0.3, 0.4) is 0 Å². The highest BCUT2D eigenvalue weighted by Crippen LogP contribution is 2.14. The maximum atomic E-state index is 12.1. The van der Waals surface area contributed by atoms with Gasteiger partial charge in [-0.1, -0.05) is 6.42 Å². The summed E-state index contributed by atoms with van der Waals surface area (Å²) in [6.45, 7) is 5.99. The molecule has 0 aromatic rings. The molecule has 0 saturated carbocycles. The molecule has 1 aliphatic heterocycles. The van der Waals surface area contributed by atoms with Crippen molar-refractivity contribution in [2.45, 2.75) is 51.7 Å². The number of carbonyl (C=O) groups is 2. The molecular formula is C12H22N2O4. The summed E-state index contributed by atoms with van der Waals surface area (Å²) < 4.78 is 5.12. The first kappa shape index (κ1) is 14.9. The van der Waals surface area contributed by atoms with E-state index < -0.39 is 17.6 Å². The van der Waals surface area contributed by atoms with Gasteiger partial charge in [0, 0.05) is 0 Å². The third kappa shape index (κ3) is 4.27. The lowest BCUT2D eigenvalue weighted by molar-refractivity contribution is -0.172. The fourth-order valence-corrected chi connectivity index (χ4v) is 1.76. The summed E-state index contributed by atoms with van der Waals surface area (Å²) in [6, 6.07) is -0.369. The smallest absolute Gasteiger partial charge is 0.442 e. The molecule has 0 aliphatic carbocycles. The standard InChI is InChI=1S/C12H22N2O4/c1-12(2,3)18-11(16)14(17-4)10(15)9-7-5-6-8-13-9/h9,13H,5-8H2,1-4H3. The fraction of sp³-hybridized carbons (Fsp3) is 0.833. The van der Waals surface area contributed by atoms with Gasteiger partial charge in [0.2, 0.25) is 0 Å². The molecule has 1 saturated heterocycles.